The van der Waals surface area contributed by atoms with Crippen LogP contribution in [0.1, 0.15) is 16.8 Å². The molecule has 0 aliphatic rings. The van der Waals surface area contributed by atoms with Crippen LogP contribution in [0.3, 0.4) is 0 Å². The molecule has 1 aromatic rings. The summed E-state index contributed by atoms with van der Waals surface area (Å²) in [6.45, 7) is 0.319. The minimum absolute atomic E-state index is 0.0305. The van der Waals surface area contributed by atoms with Gasteiger partial charge in [0.15, 0.2) is 0 Å². The van der Waals surface area contributed by atoms with Crippen LogP contribution < -0.4 is 10.0 Å². The monoisotopic (exact) mass is 330 g/mol. The fraction of sp³-hybridized carbons (Fsp3) is 0.385. The molecule has 0 fully saturated rings. The van der Waals surface area contributed by atoms with Crippen LogP contribution in [0.15, 0.2) is 29.2 Å². The summed E-state index contributed by atoms with van der Waals surface area (Å²) in [7, 11) is -2.27. The SMILES string of the molecule is COCCNS(=O)(=O)c1cccc(C(=O)NCCC(=O)O)c1. The summed E-state index contributed by atoms with van der Waals surface area (Å²) in [5, 5.41) is 10.9. The number of methoxy groups -OCH3 is 1. The number of ether oxygens (including phenoxy) is 1. The summed E-state index contributed by atoms with van der Waals surface area (Å²) in [6.07, 6.45) is -0.206. The average molecular weight is 330 g/mol. The highest BCUT2D eigenvalue weighted by molar-refractivity contribution is 7.89. The standard InChI is InChI=1S/C13H18N2O6S/c1-21-8-7-15-22(19,20)11-4-2-3-10(9-11)13(18)14-6-5-12(16)17/h2-4,9,15H,5-8H2,1H3,(H,14,18)(H,16,17). The molecule has 0 bridgehead atoms. The number of carbonyl (C=O) groups excluding carboxylic acids is 1. The van der Waals surface area contributed by atoms with Crippen molar-refractivity contribution in [1.82, 2.24) is 10.0 Å². The molecule has 0 spiro atoms. The smallest absolute Gasteiger partial charge is 0.305 e. The summed E-state index contributed by atoms with van der Waals surface area (Å²) < 4.78 is 31.1. The van der Waals surface area contributed by atoms with Crippen LogP contribution in [-0.2, 0) is 19.6 Å². The van der Waals surface area contributed by atoms with Crippen LogP contribution in [0.2, 0.25) is 0 Å². The van der Waals surface area contributed by atoms with Crippen LogP contribution in [0.5, 0.6) is 0 Å². The van der Waals surface area contributed by atoms with E-state index in [1.165, 1.54) is 31.4 Å². The molecule has 9 heteroatoms. The summed E-state index contributed by atoms with van der Waals surface area (Å²) in [5.41, 5.74) is 0.139. The van der Waals surface area contributed by atoms with Crippen LogP contribution in [-0.4, -0.2) is 52.2 Å². The van der Waals surface area contributed by atoms with E-state index < -0.39 is 21.9 Å². The molecular formula is C13H18N2O6S. The number of carboxylic acids is 1. The van der Waals surface area contributed by atoms with E-state index >= 15 is 0 Å². The van der Waals surface area contributed by atoms with Crippen molar-refractivity contribution in [2.45, 2.75) is 11.3 Å². The number of aliphatic carboxylic acids is 1. The molecule has 122 valence electrons. The van der Waals surface area contributed by atoms with Crippen molar-refractivity contribution in [3.63, 3.8) is 0 Å². The molecule has 8 nitrogen and oxygen atoms in total. The number of hydrogen-bond acceptors (Lipinski definition) is 5. The topological polar surface area (TPSA) is 122 Å². The molecular weight excluding hydrogens is 312 g/mol. The Balaban J connectivity index is 2.76. The lowest BCUT2D eigenvalue weighted by atomic mass is 10.2. The highest BCUT2D eigenvalue weighted by atomic mass is 32.2. The maximum absolute atomic E-state index is 12.0. The average Bonchev–Trinajstić information content (AvgIpc) is 2.47. The fourth-order valence-corrected chi connectivity index (χ4v) is 2.61. The molecule has 0 aliphatic carbocycles. The van der Waals surface area contributed by atoms with Gasteiger partial charge in [0.25, 0.3) is 5.91 Å². The van der Waals surface area contributed by atoms with E-state index in [2.05, 4.69) is 10.0 Å². The summed E-state index contributed by atoms with van der Waals surface area (Å²) >= 11 is 0. The first-order valence-electron chi connectivity index (χ1n) is 6.45. The second kappa shape index (κ2) is 8.47. The predicted molar refractivity (Wildman–Crippen MR) is 78.1 cm³/mol. The maximum atomic E-state index is 12.0. The summed E-state index contributed by atoms with van der Waals surface area (Å²) in [5.74, 6) is -1.56. The predicted octanol–water partition coefficient (Wildman–Crippen LogP) is -0.184. The second-order valence-electron chi connectivity index (χ2n) is 4.32. The second-order valence-corrected chi connectivity index (χ2v) is 6.08. The van der Waals surface area contributed by atoms with Gasteiger partial charge in [-0.05, 0) is 18.2 Å². The zero-order valence-electron chi connectivity index (χ0n) is 12.0. The normalized spacial score (nSPS) is 11.1. The molecule has 0 radical (unpaired) electrons. The Morgan fingerprint density at radius 2 is 2.00 bits per heavy atom. The van der Waals surface area contributed by atoms with Gasteiger partial charge in [0.1, 0.15) is 0 Å². The van der Waals surface area contributed by atoms with Crippen molar-refractivity contribution in [2.75, 3.05) is 26.8 Å². The van der Waals surface area contributed by atoms with Gasteiger partial charge in [0, 0.05) is 25.8 Å². The van der Waals surface area contributed by atoms with Crippen molar-refractivity contribution < 1.29 is 27.9 Å². The van der Waals surface area contributed by atoms with Gasteiger partial charge >= 0.3 is 5.97 Å². The number of hydrogen-bond donors (Lipinski definition) is 3. The number of benzene rings is 1. The van der Waals surface area contributed by atoms with Gasteiger partial charge in [0.2, 0.25) is 10.0 Å². The Morgan fingerprint density at radius 1 is 1.27 bits per heavy atom. The molecule has 1 aromatic carbocycles. The Bertz CT molecular complexity index is 629. The molecule has 0 aromatic heterocycles. The Morgan fingerprint density at radius 3 is 2.64 bits per heavy atom. The largest absolute Gasteiger partial charge is 0.481 e. The Hall–Kier alpha value is -1.97. The lowest BCUT2D eigenvalue weighted by Crippen LogP contribution is -2.28. The van der Waals surface area contributed by atoms with Crippen LogP contribution in [0, 0.1) is 0 Å². The van der Waals surface area contributed by atoms with Gasteiger partial charge < -0.3 is 15.2 Å². The number of amides is 1. The number of rotatable bonds is 9. The van der Waals surface area contributed by atoms with Crippen molar-refractivity contribution in [1.29, 1.82) is 0 Å². The number of sulfonamides is 1. The van der Waals surface area contributed by atoms with Gasteiger partial charge in [0.05, 0.1) is 17.9 Å². The van der Waals surface area contributed by atoms with E-state index in [9.17, 15) is 18.0 Å². The van der Waals surface area contributed by atoms with Crippen molar-refractivity contribution >= 4 is 21.9 Å². The first kappa shape index (κ1) is 18.1. The van der Waals surface area contributed by atoms with E-state index in [0.29, 0.717) is 0 Å². The van der Waals surface area contributed by atoms with E-state index in [0.717, 1.165) is 0 Å². The lowest BCUT2D eigenvalue weighted by molar-refractivity contribution is -0.136. The van der Waals surface area contributed by atoms with Crippen molar-refractivity contribution in [2.24, 2.45) is 0 Å². The Labute approximate surface area is 128 Å². The zero-order chi connectivity index (χ0) is 16.6. The summed E-state index contributed by atoms with van der Waals surface area (Å²) in [6, 6.07) is 5.48. The minimum Gasteiger partial charge on any atom is -0.481 e. The fourth-order valence-electron chi connectivity index (χ4n) is 1.55. The van der Waals surface area contributed by atoms with Crippen LogP contribution >= 0.6 is 0 Å². The number of carbonyl (C=O) groups is 2. The molecule has 1 amide bonds. The molecule has 0 aliphatic heterocycles. The molecule has 22 heavy (non-hydrogen) atoms. The van der Waals surface area contributed by atoms with Gasteiger partial charge in [-0.15, -0.1) is 0 Å². The van der Waals surface area contributed by atoms with E-state index in [-0.39, 0.29) is 36.6 Å². The molecule has 0 unspecified atom stereocenters. The van der Waals surface area contributed by atoms with Gasteiger partial charge in [-0.3, -0.25) is 9.59 Å². The van der Waals surface area contributed by atoms with E-state index in [1.54, 1.807) is 0 Å². The third-order valence-corrected chi connectivity index (χ3v) is 4.09. The van der Waals surface area contributed by atoms with Crippen LogP contribution in [0.4, 0.5) is 0 Å². The third-order valence-electron chi connectivity index (χ3n) is 2.63. The molecule has 0 saturated heterocycles. The number of carboxylic acid groups (broad SMARTS) is 1. The van der Waals surface area contributed by atoms with Gasteiger partial charge in [-0.2, -0.15) is 0 Å². The van der Waals surface area contributed by atoms with Gasteiger partial charge in [-0.1, -0.05) is 6.07 Å². The Kier molecular flexibility index (Phi) is 6.96. The molecule has 0 saturated carbocycles. The quantitative estimate of drug-likeness (QED) is 0.540. The van der Waals surface area contributed by atoms with Crippen LogP contribution in [0.25, 0.3) is 0 Å². The lowest BCUT2D eigenvalue weighted by Gasteiger charge is -2.08. The first-order valence-corrected chi connectivity index (χ1v) is 7.94. The van der Waals surface area contributed by atoms with Gasteiger partial charge in [-0.25, -0.2) is 13.1 Å². The molecule has 3 N–H and O–H groups in total. The first-order chi connectivity index (χ1) is 10.4. The highest BCUT2D eigenvalue weighted by Gasteiger charge is 2.15. The molecule has 1 rings (SSSR count). The minimum atomic E-state index is -3.73. The van der Waals surface area contributed by atoms with Crippen molar-refractivity contribution in [3.8, 4) is 0 Å². The third kappa shape index (κ3) is 5.80. The summed E-state index contributed by atoms with van der Waals surface area (Å²) in [4.78, 5) is 22.2. The van der Waals surface area contributed by atoms with E-state index in [1.807, 2.05) is 0 Å². The molecule has 0 heterocycles. The zero-order valence-corrected chi connectivity index (χ0v) is 12.9. The maximum Gasteiger partial charge on any atom is 0.305 e. The highest BCUT2D eigenvalue weighted by Crippen LogP contribution is 2.11. The molecule has 0 atom stereocenters. The number of nitrogens with one attached hydrogen (secondary N) is 2. The van der Waals surface area contributed by atoms with E-state index in [4.69, 9.17) is 9.84 Å². The van der Waals surface area contributed by atoms with Crippen molar-refractivity contribution in [3.05, 3.63) is 29.8 Å².